The van der Waals surface area contributed by atoms with Gasteiger partial charge in [0.2, 0.25) is 0 Å². The van der Waals surface area contributed by atoms with Crippen LogP contribution in [-0.4, -0.2) is 25.7 Å². The molecule has 6 nitrogen and oxygen atoms in total. The minimum atomic E-state index is -0.113. The van der Waals surface area contributed by atoms with Gasteiger partial charge in [0, 0.05) is 27.6 Å². The average Bonchev–Trinajstić information content (AvgIpc) is 3.32. The van der Waals surface area contributed by atoms with Gasteiger partial charge in [-0.15, -0.1) is 23.1 Å². The van der Waals surface area contributed by atoms with E-state index in [1.54, 1.807) is 23.1 Å². The number of aryl methyl sites for hydroxylation is 1. The van der Waals surface area contributed by atoms with E-state index in [1.165, 1.54) is 0 Å². The minimum absolute atomic E-state index is 0.113. The van der Waals surface area contributed by atoms with Crippen LogP contribution in [0.2, 0.25) is 0 Å². The maximum atomic E-state index is 12.4. The zero-order valence-corrected chi connectivity index (χ0v) is 17.2. The molecule has 0 saturated heterocycles. The number of aromatic nitrogens is 4. The molecule has 2 aromatic heterocycles. The number of amides is 1. The predicted molar refractivity (Wildman–Crippen MR) is 110 cm³/mol. The molecular formula is C18H19N5OS3. The Morgan fingerprint density at radius 1 is 1.41 bits per heavy atom. The molecule has 1 aromatic carbocycles. The third-order valence-electron chi connectivity index (χ3n) is 4.27. The molecule has 0 bridgehead atoms. The van der Waals surface area contributed by atoms with E-state index in [4.69, 9.17) is 12.2 Å². The number of H-pyrrole nitrogens is 1. The van der Waals surface area contributed by atoms with Crippen LogP contribution in [0.3, 0.4) is 0 Å². The molecule has 140 valence electrons. The standard InChI is InChI=1S/C18H19N5OS3/c1-11-20-13(9-26-11)10-27-15-6-2-12(3-7-15)17(24)19-8-16-21-22-18(25)23(16)14-4-5-14/h2-3,6-7,9,14H,4-5,8,10H2,1H3,(H,19,24)(H,22,25). The SMILES string of the molecule is Cc1nc(CSc2ccc(C(=O)NCc3n[nH]c(=S)n3C3CC3)cc2)cs1. The molecule has 2 N–H and O–H groups in total. The van der Waals surface area contributed by atoms with Gasteiger partial charge in [0.25, 0.3) is 5.91 Å². The van der Waals surface area contributed by atoms with Crippen LogP contribution in [0.1, 0.15) is 45.8 Å². The van der Waals surface area contributed by atoms with Crippen LogP contribution in [0, 0.1) is 11.7 Å². The number of rotatable bonds is 7. The molecule has 0 atom stereocenters. The topological polar surface area (TPSA) is 75.6 Å². The van der Waals surface area contributed by atoms with Gasteiger partial charge in [0.05, 0.1) is 17.2 Å². The van der Waals surface area contributed by atoms with Crippen LogP contribution in [0.15, 0.2) is 34.5 Å². The number of thioether (sulfide) groups is 1. The third kappa shape index (κ3) is 4.48. The van der Waals surface area contributed by atoms with E-state index in [2.05, 4.69) is 25.9 Å². The number of aromatic amines is 1. The van der Waals surface area contributed by atoms with Gasteiger partial charge in [-0.05, 0) is 56.2 Å². The van der Waals surface area contributed by atoms with E-state index in [0.29, 0.717) is 22.9 Å². The molecule has 1 aliphatic rings. The molecule has 0 spiro atoms. The van der Waals surface area contributed by atoms with Crippen molar-refractivity contribution in [3.8, 4) is 0 Å². The Labute approximate surface area is 170 Å². The molecule has 1 fully saturated rings. The van der Waals surface area contributed by atoms with Crippen molar-refractivity contribution in [2.45, 2.75) is 43.0 Å². The Kier molecular flexibility index (Phi) is 5.42. The first-order chi connectivity index (χ1) is 13.1. The van der Waals surface area contributed by atoms with Crippen molar-refractivity contribution in [3.63, 3.8) is 0 Å². The first-order valence-corrected chi connectivity index (χ1v) is 11.0. The molecule has 3 aromatic rings. The fourth-order valence-corrected chi connectivity index (χ4v) is 4.58. The molecule has 4 rings (SSSR count). The van der Waals surface area contributed by atoms with Crippen molar-refractivity contribution >= 4 is 41.2 Å². The van der Waals surface area contributed by atoms with Gasteiger partial charge >= 0.3 is 0 Å². The van der Waals surface area contributed by atoms with Crippen LogP contribution in [0.25, 0.3) is 0 Å². The highest BCUT2D eigenvalue weighted by Crippen LogP contribution is 2.35. The van der Waals surface area contributed by atoms with Gasteiger partial charge in [-0.3, -0.25) is 14.5 Å². The molecular weight excluding hydrogens is 398 g/mol. The van der Waals surface area contributed by atoms with E-state index in [9.17, 15) is 4.79 Å². The maximum Gasteiger partial charge on any atom is 0.251 e. The highest BCUT2D eigenvalue weighted by molar-refractivity contribution is 7.98. The summed E-state index contributed by atoms with van der Waals surface area (Å²) in [5.74, 6) is 1.50. The lowest BCUT2D eigenvalue weighted by atomic mass is 10.2. The van der Waals surface area contributed by atoms with Crippen molar-refractivity contribution in [3.05, 3.63) is 56.5 Å². The van der Waals surface area contributed by atoms with Crippen molar-refractivity contribution in [2.24, 2.45) is 0 Å². The molecule has 0 unspecified atom stereocenters. The van der Waals surface area contributed by atoms with Crippen molar-refractivity contribution in [1.29, 1.82) is 0 Å². The van der Waals surface area contributed by atoms with E-state index in [-0.39, 0.29) is 5.91 Å². The van der Waals surface area contributed by atoms with E-state index >= 15 is 0 Å². The number of thiazole rings is 1. The molecule has 2 heterocycles. The summed E-state index contributed by atoms with van der Waals surface area (Å²) in [6.07, 6.45) is 2.24. The van der Waals surface area contributed by atoms with Gasteiger partial charge < -0.3 is 5.32 Å². The van der Waals surface area contributed by atoms with Crippen LogP contribution >= 0.6 is 35.3 Å². The van der Waals surface area contributed by atoms with E-state index < -0.39 is 0 Å². The molecule has 9 heteroatoms. The average molecular weight is 418 g/mol. The Morgan fingerprint density at radius 2 is 2.19 bits per heavy atom. The molecule has 0 radical (unpaired) electrons. The third-order valence-corrected chi connectivity index (χ3v) is 6.42. The Bertz CT molecular complexity index is 1000. The van der Waals surface area contributed by atoms with Crippen LogP contribution in [-0.2, 0) is 12.3 Å². The number of benzene rings is 1. The molecule has 27 heavy (non-hydrogen) atoms. The van der Waals surface area contributed by atoms with Crippen LogP contribution in [0.4, 0.5) is 0 Å². The zero-order chi connectivity index (χ0) is 18.8. The molecule has 0 aliphatic heterocycles. The summed E-state index contributed by atoms with van der Waals surface area (Å²) in [5, 5.41) is 13.1. The van der Waals surface area contributed by atoms with Gasteiger partial charge in [0.15, 0.2) is 10.6 Å². The number of carbonyl (C=O) groups is 1. The largest absolute Gasteiger partial charge is 0.345 e. The number of carbonyl (C=O) groups excluding carboxylic acids is 1. The highest BCUT2D eigenvalue weighted by Gasteiger charge is 2.27. The Balaban J connectivity index is 1.33. The van der Waals surface area contributed by atoms with Gasteiger partial charge in [0.1, 0.15) is 0 Å². The molecule has 1 aliphatic carbocycles. The Hall–Kier alpha value is -1.97. The summed E-state index contributed by atoms with van der Waals surface area (Å²) in [6.45, 7) is 2.37. The zero-order valence-electron chi connectivity index (χ0n) is 14.8. The first kappa shape index (κ1) is 18.4. The second-order valence-corrected chi connectivity index (χ2v) is 8.90. The van der Waals surface area contributed by atoms with E-state index in [1.807, 2.05) is 35.8 Å². The summed E-state index contributed by atoms with van der Waals surface area (Å²) in [5.41, 5.74) is 1.73. The number of nitrogens with one attached hydrogen (secondary N) is 2. The predicted octanol–water partition coefficient (Wildman–Crippen LogP) is 4.26. The first-order valence-electron chi connectivity index (χ1n) is 8.68. The minimum Gasteiger partial charge on any atom is -0.345 e. The summed E-state index contributed by atoms with van der Waals surface area (Å²) in [6, 6.07) is 8.07. The summed E-state index contributed by atoms with van der Waals surface area (Å²) in [7, 11) is 0. The van der Waals surface area contributed by atoms with Crippen LogP contribution in [0.5, 0.6) is 0 Å². The summed E-state index contributed by atoms with van der Waals surface area (Å²) in [4.78, 5) is 18.0. The highest BCUT2D eigenvalue weighted by atomic mass is 32.2. The smallest absolute Gasteiger partial charge is 0.251 e. The van der Waals surface area contributed by atoms with Crippen molar-refractivity contribution < 1.29 is 4.79 Å². The monoisotopic (exact) mass is 417 g/mol. The number of hydrogen-bond acceptors (Lipinski definition) is 6. The van der Waals surface area contributed by atoms with Crippen molar-refractivity contribution in [1.82, 2.24) is 25.1 Å². The van der Waals surface area contributed by atoms with Gasteiger partial charge in [-0.2, -0.15) is 5.10 Å². The lowest BCUT2D eigenvalue weighted by molar-refractivity contribution is 0.0949. The fourth-order valence-electron chi connectivity index (χ4n) is 2.77. The van der Waals surface area contributed by atoms with Crippen LogP contribution < -0.4 is 5.32 Å². The van der Waals surface area contributed by atoms with E-state index in [0.717, 1.165) is 40.0 Å². The van der Waals surface area contributed by atoms with Crippen molar-refractivity contribution in [2.75, 3.05) is 0 Å². The summed E-state index contributed by atoms with van der Waals surface area (Å²) >= 11 is 8.64. The second-order valence-electron chi connectivity index (χ2n) is 6.40. The molecule has 1 saturated carbocycles. The number of nitrogens with zero attached hydrogens (tertiary/aromatic N) is 3. The molecule has 1 amide bonds. The second kappa shape index (κ2) is 7.95. The quantitative estimate of drug-likeness (QED) is 0.444. The lowest BCUT2D eigenvalue weighted by Gasteiger charge is -2.07. The summed E-state index contributed by atoms with van der Waals surface area (Å²) < 4.78 is 2.63. The Morgan fingerprint density at radius 3 is 2.85 bits per heavy atom. The normalized spacial score (nSPS) is 13.7. The maximum absolute atomic E-state index is 12.4. The van der Waals surface area contributed by atoms with Gasteiger partial charge in [-0.1, -0.05) is 0 Å². The fraction of sp³-hybridized carbons (Fsp3) is 0.333. The lowest BCUT2D eigenvalue weighted by Crippen LogP contribution is -2.24. The number of hydrogen-bond donors (Lipinski definition) is 2. The van der Waals surface area contributed by atoms with Gasteiger partial charge in [-0.25, -0.2) is 4.98 Å².